The summed E-state index contributed by atoms with van der Waals surface area (Å²) in [6.45, 7) is 0. The van der Waals surface area contributed by atoms with E-state index in [2.05, 4.69) is 17.8 Å². The molecule has 1 aromatic carbocycles. The van der Waals surface area contributed by atoms with E-state index in [4.69, 9.17) is 19.3 Å². The fraction of sp³-hybridized carbons (Fsp3) is 0. The predicted octanol–water partition coefficient (Wildman–Crippen LogP) is 1.63. The maximum atomic E-state index is 5.21. The van der Waals surface area contributed by atoms with Gasteiger partial charge in [-0.05, 0) is 18.2 Å². The van der Waals surface area contributed by atoms with Crippen molar-refractivity contribution in [3.8, 4) is 37.0 Å². The molecule has 0 unspecified atom stereocenters. The first kappa shape index (κ1) is 8.00. The molecule has 0 bridgehead atoms. The lowest BCUT2D eigenvalue weighted by Gasteiger charge is -1.95. The van der Waals surface area contributed by atoms with Gasteiger partial charge < -0.3 is 0 Å². The SMILES string of the molecule is C#Cc1cc(C#C)cc(C#C)c1. The van der Waals surface area contributed by atoms with E-state index in [1.807, 2.05) is 0 Å². The quantitative estimate of drug-likeness (QED) is 0.493. The molecule has 0 heteroatoms. The lowest BCUT2D eigenvalue weighted by molar-refractivity contribution is 1.56. The van der Waals surface area contributed by atoms with Gasteiger partial charge in [0.25, 0.3) is 0 Å². The van der Waals surface area contributed by atoms with Gasteiger partial charge in [-0.15, -0.1) is 19.3 Å². The molecule has 0 aliphatic heterocycles. The third kappa shape index (κ3) is 1.49. The second-order valence-corrected chi connectivity index (χ2v) is 2.23. The summed E-state index contributed by atoms with van der Waals surface area (Å²) in [4.78, 5) is 0. The molecule has 54 valence electrons. The van der Waals surface area contributed by atoms with E-state index in [0.29, 0.717) is 0 Å². The van der Waals surface area contributed by atoms with Crippen molar-refractivity contribution in [2.75, 3.05) is 0 Å². The first-order valence-corrected chi connectivity index (χ1v) is 3.35. The van der Waals surface area contributed by atoms with Crippen LogP contribution in [-0.2, 0) is 0 Å². The van der Waals surface area contributed by atoms with Crippen LogP contribution in [0.15, 0.2) is 18.2 Å². The van der Waals surface area contributed by atoms with E-state index >= 15 is 0 Å². The lowest BCUT2D eigenvalue weighted by atomic mass is 10.1. The molecular formula is C12H6. The average Bonchev–Trinajstić information content (AvgIpc) is 2.16. The number of benzene rings is 1. The normalized spacial score (nSPS) is 7.75. The minimum atomic E-state index is 0.721. The van der Waals surface area contributed by atoms with Gasteiger partial charge in [-0.1, -0.05) is 17.8 Å². The maximum absolute atomic E-state index is 5.21. The van der Waals surface area contributed by atoms with Crippen LogP contribution in [0.4, 0.5) is 0 Å². The van der Waals surface area contributed by atoms with Crippen LogP contribution in [0.5, 0.6) is 0 Å². The highest BCUT2D eigenvalue weighted by Crippen LogP contribution is 2.07. The van der Waals surface area contributed by atoms with Gasteiger partial charge >= 0.3 is 0 Å². The molecule has 0 aliphatic rings. The van der Waals surface area contributed by atoms with Gasteiger partial charge in [0.05, 0.1) is 0 Å². The molecule has 1 rings (SSSR count). The molecule has 0 radical (unpaired) electrons. The van der Waals surface area contributed by atoms with Crippen LogP contribution in [0.1, 0.15) is 16.7 Å². The van der Waals surface area contributed by atoms with Crippen LogP contribution in [0.25, 0.3) is 0 Å². The Labute approximate surface area is 72.6 Å². The third-order valence-electron chi connectivity index (χ3n) is 1.43. The lowest BCUT2D eigenvalue weighted by Crippen LogP contribution is -1.82. The minimum Gasteiger partial charge on any atom is -0.115 e. The Kier molecular flexibility index (Phi) is 2.23. The Morgan fingerprint density at radius 2 is 0.917 bits per heavy atom. The number of hydrogen-bond donors (Lipinski definition) is 0. The van der Waals surface area contributed by atoms with E-state index in [-0.39, 0.29) is 0 Å². The van der Waals surface area contributed by atoms with E-state index in [0.717, 1.165) is 16.7 Å². The predicted molar refractivity (Wildman–Crippen MR) is 50.2 cm³/mol. The van der Waals surface area contributed by atoms with Gasteiger partial charge in [0.2, 0.25) is 0 Å². The molecule has 0 saturated heterocycles. The summed E-state index contributed by atoms with van der Waals surface area (Å²) in [6, 6.07) is 5.25. The molecule has 1 aromatic rings. The Hall–Kier alpha value is -2.10. The summed E-state index contributed by atoms with van der Waals surface area (Å²) in [5, 5.41) is 0. The largest absolute Gasteiger partial charge is 0.115 e. The summed E-state index contributed by atoms with van der Waals surface area (Å²) in [5.41, 5.74) is 2.16. The Bertz CT molecular complexity index is 338. The number of rotatable bonds is 0. The average molecular weight is 150 g/mol. The minimum absolute atomic E-state index is 0.721. The van der Waals surface area contributed by atoms with Gasteiger partial charge in [0, 0.05) is 16.7 Å². The van der Waals surface area contributed by atoms with Crippen molar-refractivity contribution in [2.24, 2.45) is 0 Å². The Morgan fingerprint density at radius 1 is 0.667 bits per heavy atom. The zero-order valence-electron chi connectivity index (χ0n) is 6.46. The highest BCUT2D eigenvalue weighted by Gasteiger charge is 1.94. The summed E-state index contributed by atoms with van der Waals surface area (Å²) in [5.74, 6) is 7.46. The molecule has 0 aromatic heterocycles. The van der Waals surface area contributed by atoms with Crippen molar-refractivity contribution in [1.82, 2.24) is 0 Å². The first-order valence-electron chi connectivity index (χ1n) is 3.35. The van der Waals surface area contributed by atoms with E-state index < -0.39 is 0 Å². The molecule has 12 heavy (non-hydrogen) atoms. The molecule has 0 fully saturated rings. The van der Waals surface area contributed by atoms with Gasteiger partial charge in [-0.25, -0.2) is 0 Å². The molecule has 0 heterocycles. The van der Waals surface area contributed by atoms with Gasteiger partial charge in [-0.2, -0.15) is 0 Å². The summed E-state index contributed by atoms with van der Waals surface area (Å²) in [7, 11) is 0. The van der Waals surface area contributed by atoms with Gasteiger partial charge in [-0.3, -0.25) is 0 Å². The second-order valence-electron chi connectivity index (χ2n) is 2.23. The smallest absolute Gasteiger partial charge is 0.0267 e. The van der Waals surface area contributed by atoms with Crippen LogP contribution in [0.2, 0.25) is 0 Å². The molecule has 0 aliphatic carbocycles. The monoisotopic (exact) mass is 150 g/mol. The summed E-state index contributed by atoms with van der Waals surface area (Å²) in [6.07, 6.45) is 15.6. The van der Waals surface area contributed by atoms with Gasteiger partial charge in [0.15, 0.2) is 0 Å². The zero-order valence-corrected chi connectivity index (χ0v) is 6.46. The van der Waals surface area contributed by atoms with E-state index in [9.17, 15) is 0 Å². The molecule has 0 spiro atoms. The highest BCUT2D eigenvalue weighted by molar-refractivity contribution is 5.49. The van der Waals surface area contributed by atoms with Crippen molar-refractivity contribution < 1.29 is 0 Å². The summed E-state index contributed by atoms with van der Waals surface area (Å²) < 4.78 is 0. The Morgan fingerprint density at radius 3 is 1.08 bits per heavy atom. The summed E-state index contributed by atoms with van der Waals surface area (Å²) >= 11 is 0. The Balaban J connectivity index is 3.36. The zero-order chi connectivity index (χ0) is 8.97. The van der Waals surface area contributed by atoms with Crippen LogP contribution in [0.3, 0.4) is 0 Å². The van der Waals surface area contributed by atoms with Gasteiger partial charge in [0.1, 0.15) is 0 Å². The van der Waals surface area contributed by atoms with Crippen LogP contribution < -0.4 is 0 Å². The topological polar surface area (TPSA) is 0 Å². The van der Waals surface area contributed by atoms with Crippen LogP contribution in [-0.4, -0.2) is 0 Å². The third-order valence-corrected chi connectivity index (χ3v) is 1.43. The van der Waals surface area contributed by atoms with Crippen molar-refractivity contribution in [3.63, 3.8) is 0 Å². The molecule has 0 nitrogen and oxygen atoms in total. The molecule has 0 amide bonds. The molecular weight excluding hydrogens is 144 g/mol. The van der Waals surface area contributed by atoms with Crippen molar-refractivity contribution >= 4 is 0 Å². The van der Waals surface area contributed by atoms with Crippen molar-refractivity contribution in [3.05, 3.63) is 34.9 Å². The molecule has 0 N–H and O–H groups in total. The number of hydrogen-bond acceptors (Lipinski definition) is 0. The fourth-order valence-electron chi connectivity index (χ4n) is 0.878. The fourth-order valence-corrected chi connectivity index (χ4v) is 0.878. The molecule has 0 atom stereocenters. The standard InChI is InChI=1S/C12H6/c1-4-10-7-11(5-2)9-12(6-3)8-10/h1-3,7-9H. The van der Waals surface area contributed by atoms with E-state index in [1.54, 1.807) is 18.2 Å². The van der Waals surface area contributed by atoms with Crippen LogP contribution >= 0.6 is 0 Å². The van der Waals surface area contributed by atoms with Crippen molar-refractivity contribution in [2.45, 2.75) is 0 Å². The molecule has 0 saturated carbocycles. The first-order chi connectivity index (χ1) is 5.80. The van der Waals surface area contributed by atoms with Crippen molar-refractivity contribution in [1.29, 1.82) is 0 Å². The maximum Gasteiger partial charge on any atom is 0.0267 e. The number of terminal acetylenes is 3. The second kappa shape index (κ2) is 3.34. The van der Waals surface area contributed by atoms with Crippen LogP contribution in [0, 0.1) is 37.0 Å². The van der Waals surface area contributed by atoms with E-state index in [1.165, 1.54) is 0 Å². The highest BCUT2D eigenvalue weighted by atomic mass is 14.0.